The van der Waals surface area contributed by atoms with Gasteiger partial charge in [-0.25, -0.2) is 0 Å². The standard InChI is InChI=1S/C18H27N3O2S/c1-12-7-5-6-8-15(12)19-18(24)21-20-13(2)14-9-10-16(22-3)17(11-14)23-4/h9-12,15H,5-8H2,1-4H3,(H2,19,21,24)/b20-13-/t12-,15-/m0/s1. The lowest BCUT2D eigenvalue weighted by atomic mass is 9.86. The molecule has 0 unspecified atom stereocenters. The highest BCUT2D eigenvalue weighted by Crippen LogP contribution is 2.27. The second-order valence-corrected chi connectivity index (χ2v) is 6.63. The summed E-state index contributed by atoms with van der Waals surface area (Å²) in [6.45, 7) is 4.21. The SMILES string of the molecule is COc1ccc(/C(C)=N\NC(=S)N[C@H]2CCCC[C@@H]2C)cc1OC. The van der Waals surface area contributed by atoms with Crippen LogP contribution >= 0.6 is 12.2 Å². The zero-order valence-corrected chi connectivity index (χ0v) is 15.7. The molecule has 0 saturated heterocycles. The van der Waals surface area contributed by atoms with Gasteiger partial charge in [0.1, 0.15) is 0 Å². The Bertz CT molecular complexity index is 604. The highest BCUT2D eigenvalue weighted by molar-refractivity contribution is 7.80. The van der Waals surface area contributed by atoms with Crippen LogP contribution in [0, 0.1) is 5.92 Å². The summed E-state index contributed by atoms with van der Waals surface area (Å²) in [6, 6.07) is 6.16. The second kappa shape index (κ2) is 8.87. The van der Waals surface area contributed by atoms with Crippen molar-refractivity contribution in [2.75, 3.05) is 14.2 Å². The molecule has 2 rings (SSSR count). The quantitative estimate of drug-likeness (QED) is 0.484. The molecule has 1 aromatic carbocycles. The van der Waals surface area contributed by atoms with E-state index >= 15 is 0 Å². The molecule has 1 aliphatic rings. The van der Waals surface area contributed by atoms with Gasteiger partial charge in [0.2, 0.25) is 0 Å². The van der Waals surface area contributed by atoms with E-state index in [1.165, 1.54) is 25.7 Å². The molecule has 24 heavy (non-hydrogen) atoms. The van der Waals surface area contributed by atoms with Crippen LogP contribution in [0.3, 0.4) is 0 Å². The normalized spacial score (nSPS) is 21.1. The van der Waals surface area contributed by atoms with Gasteiger partial charge in [-0.2, -0.15) is 5.10 Å². The molecule has 5 nitrogen and oxygen atoms in total. The molecule has 1 aromatic rings. The molecule has 132 valence electrons. The van der Waals surface area contributed by atoms with E-state index in [1.54, 1.807) is 14.2 Å². The van der Waals surface area contributed by atoms with E-state index in [-0.39, 0.29) is 0 Å². The summed E-state index contributed by atoms with van der Waals surface area (Å²) in [5, 5.41) is 8.34. The van der Waals surface area contributed by atoms with Crippen molar-refractivity contribution < 1.29 is 9.47 Å². The first-order valence-electron chi connectivity index (χ1n) is 8.38. The third kappa shape index (κ3) is 4.84. The van der Waals surface area contributed by atoms with Crippen LogP contribution in [0.1, 0.15) is 45.1 Å². The smallest absolute Gasteiger partial charge is 0.187 e. The first-order chi connectivity index (χ1) is 11.5. The molecule has 0 amide bonds. The van der Waals surface area contributed by atoms with E-state index in [0.29, 0.717) is 28.6 Å². The topological polar surface area (TPSA) is 54.9 Å². The molecule has 1 aliphatic carbocycles. The molecule has 0 aliphatic heterocycles. The van der Waals surface area contributed by atoms with Crippen molar-refractivity contribution in [3.8, 4) is 11.5 Å². The summed E-state index contributed by atoms with van der Waals surface area (Å²) in [5.74, 6) is 2.03. The van der Waals surface area contributed by atoms with E-state index < -0.39 is 0 Å². The summed E-state index contributed by atoms with van der Waals surface area (Å²) in [4.78, 5) is 0. The van der Waals surface area contributed by atoms with E-state index in [9.17, 15) is 0 Å². The van der Waals surface area contributed by atoms with Crippen LogP contribution < -0.4 is 20.2 Å². The number of benzene rings is 1. The summed E-state index contributed by atoms with van der Waals surface area (Å²) < 4.78 is 10.6. The molecule has 6 heteroatoms. The molecule has 0 bridgehead atoms. The largest absolute Gasteiger partial charge is 0.493 e. The van der Waals surface area contributed by atoms with Gasteiger partial charge >= 0.3 is 0 Å². The van der Waals surface area contributed by atoms with Crippen molar-refractivity contribution in [3.63, 3.8) is 0 Å². The van der Waals surface area contributed by atoms with Gasteiger partial charge in [0.25, 0.3) is 0 Å². The van der Waals surface area contributed by atoms with E-state index in [4.69, 9.17) is 21.7 Å². The van der Waals surface area contributed by atoms with Crippen LogP contribution in [0.15, 0.2) is 23.3 Å². The average molecular weight is 350 g/mol. The monoisotopic (exact) mass is 349 g/mol. The third-order valence-electron chi connectivity index (χ3n) is 4.55. The number of rotatable bonds is 5. The molecule has 0 heterocycles. The number of ether oxygens (including phenoxy) is 2. The molecule has 1 fully saturated rings. The van der Waals surface area contributed by atoms with Crippen LogP contribution in [0.25, 0.3) is 0 Å². The third-order valence-corrected chi connectivity index (χ3v) is 4.76. The predicted molar refractivity (Wildman–Crippen MR) is 102 cm³/mol. The van der Waals surface area contributed by atoms with Crippen LogP contribution in [0.5, 0.6) is 11.5 Å². The van der Waals surface area contributed by atoms with Crippen molar-refractivity contribution in [2.24, 2.45) is 11.0 Å². The molecule has 0 spiro atoms. The number of nitrogens with zero attached hydrogens (tertiary/aromatic N) is 1. The fourth-order valence-electron chi connectivity index (χ4n) is 2.99. The second-order valence-electron chi connectivity index (χ2n) is 6.22. The van der Waals surface area contributed by atoms with Gasteiger partial charge in [-0.3, -0.25) is 5.43 Å². The maximum Gasteiger partial charge on any atom is 0.187 e. The first-order valence-corrected chi connectivity index (χ1v) is 8.79. The maximum absolute atomic E-state index is 5.37. The Kier molecular flexibility index (Phi) is 6.85. The number of hydrogen-bond acceptors (Lipinski definition) is 4. The number of methoxy groups -OCH3 is 2. The highest BCUT2D eigenvalue weighted by atomic mass is 32.1. The fraction of sp³-hybridized carbons (Fsp3) is 0.556. The van der Waals surface area contributed by atoms with Gasteiger partial charge in [0.05, 0.1) is 19.9 Å². The minimum absolute atomic E-state index is 0.440. The summed E-state index contributed by atoms with van der Waals surface area (Å²) in [5.41, 5.74) is 4.73. The zero-order valence-electron chi connectivity index (χ0n) is 14.9. The van der Waals surface area contributed by atoms with Crippen molar-refractivity contribution in [1.82, 2.24) is 10.7 Å². The van der Waals surface area contributed by atoms with Crippen molar-refractivity contribution in [3.05, 3.63) is 23.8 Å². The molecular formula is C18H27N3O2S. The minimum atomic E-state index is 0.440. The van der Waals surface area contributed by atoms with Crippen LogP contribution in [0.2, 0.25) is 0 Å². The molecule has 2 N–H and O–H groups in total. The first kappa shape index (κ1) is 18.5. The number of hydrazone groups is 1. The molecule has 1 saturated carbocycles. The van der Waals surface area contributed by atoms with Crippen LogP contribution in [-0.4, -0.2) is 31.1 Å². The number of nitrogens with one attached hydrogen (secondary N) is 2. The Labute approximate surface area is 149 Å². The van der Waals surface area contributed by atoms with E-state index in [2.05, 4.69) is 22.8 Å². The fourth-order valence-corrected chi connectivity index (χ4v) is 3.19. The summed E-state index contributed by atoms with van der Waals surface area (Å²) in [6.07, 6.45) is 5.00. The highest BCUT2D eigenvalue weighted by Gasteiger charge is 2.21. The lowest BCUT2D eigenvalue weighted by Crippen LogP contribution is -2.44. The van der Waals surface area contributed by atoms with Crippen molar-refractivity contribution >= 4 is 23.0 Å². The molecule has 2 atom stereocenters. The van der Waals surface area contributed by atoms with Crippen molar-refractivity contribution in [1.29, 1.82) is 0 Å². The summed E-state index contributed by atoms with van der Waals surface area (Å²) in [7, 11) is 3.24. The van der Waals surface area contributed by atoms with Gasteiger partial charge in [-0.15, -0.1) is 0 Å². The van der Waals surface area contributed by atoms with Crippen molar-refractivity contribution in [2.45, 2.75) is 45.6 Å². The lowest BCUT2D eigenvalue weighted by molar-refractivity contribution is 0.308. The predicted octanol–water partition coefficient (Wildman–Crippen LogP) is 3.47. The van der Waals surface area contributed by atoms with E-state index in [0.717, 1.165) is 11.3 Å². The Hall–Kier alpha value is -1.82. The Balaban J connectivity index is 1.96. The number of thiocarbonyl (C=S) groups is 1. The van der Waals surface area contributed by atoms with Gasteiger partial charge in [0, 0.05) is 11.6 Å². The molecule has 0 radical (unpaired) electrons. The lowest BCUT2D eigenvalue weighted by Gasteiger charge is -2.30. The van der Waals surface area contributed by atoms with E-state index in [1.807, 2.05) is 25.1 Å². The van der Waals surface area contributed by atoms with Gasteiger partial charge in [-0.1, -0.05) is 19.8 Å². The summed E-state index contributed by atoms with van der Waals surface area (Å²) >= 11 is 5.37. The number of hydrogen-bond donors (Lipinski definition) is 2. The zero-order chi connectivity index (χ0) is 17.5. The molecule has 0 aromatic heterocycles. The van der Waals surface area contributed by atoms with Crippen LogP contribution in [0.4, 0.5) is 0 Å². The Morgan fingerprint density at radius 3 is 2.54 bits per heavy atom. The van der Waals surface area contributed by atoms with Crippen LogP contribution in [-0.2, 0) is 0 Å². The average Bonchev–Trinajstić information content (AvgIpc) is 2.61. The van der Waals surface area contributed by atoms with Gasteiger partial charge in [-0.05, 0) is 56.1 Å². The van der Waals surface area contributed by atoms with Gasteiger partial charge < -0.3 is 14.8 Å². The Morgan fingerprint density at radius 2 is 1.88 bits per heavy atom. The molecular weight excluding hydrogens is 322 g/mol. The minimum Gasteiger partial charge on any atom is -0.493 e. The van der Waals surface area contributed by atoms with Gasteiger partial charge in [0.15, 0.2) is 16.6 Å². The Morgan fingerprint density at radius 1 is 1.17 bits per heavy atom. The maximum atomic E-state index is 5.37.